The first-order valence-electron chi connectivity index (χ1n) is 10.2. The van der Waals surface area contributed by atoms with Crippen LogP contribution < -0.4 is 0 Å². The molecule has 24 heavy (non-hydrogen) atoms. The summed E-state index contributed by atoms with van der Waals surface area (Å²) in [5.74, 6) is 0. The average molecular weight is 341 g/mol. The lowest BCUT2D eigenvalue weighted by Crippen LogP contribution is -2.16. The Bertz CT molecular complexity index is 276. The van der Waals surface area contributed by atoms with Crippen molar-refractivity contribution >= 4 is 6.29 Å². The van der Waals surface area contributed by atoms with Gasteiger partial charge in [-0.15, -0.1) is 0 Å². The molecule has 0 saturated heterocycles. The van der Waals surface area contributed by atoms with Crippen LogP contribution in [-0.4, -0.2) is 30.7 Å². The number of carbonyl (C=O) groups excluding carboxylic acids is 1. The molecule has 0 heterocycles. The predicted octanol–water partition coefficient (Wildman–Crippen LogP) is 5.60. The normalized spacial score (nSPS) is 12.8. The highest BCUT2D eigenvalue weighted by Crippen LogP contribution is 2.09. The minimum atomic E-state index is -0.959. The quantitative estimate of drug-likeness (QED) is 0.189. The van der Waals surface area contributed by atoms with Gasteiger partial charge in [0.1, 0.15) is 6.10 Å². The molecule has 0 aliphatic carbocycles. The third kappa shape index (κ3) is 19.4. The summed E-state index contributed by atoms with van der Waals surface area (Å²) in [6.45, 7) is 3.04. The van der Waals surface area contributed by atoms with Crippen LogP contribution in [0.2, 0.25) is 0 Å². The van der Waals surface area contributed by atoms with Crippen molar-refractivity contribution in [1.29, 1.82) is 0 Å². The van der Waals surface area contributed by atoms with Crippen molar-refractivity contribution in [1.82, 2.24) is 0 Å². The van der Waals surface area contributed by atoms with E-state index in [4.69, 9.17) is 9.84 Å². The fourth-order valence-electron chi connectivity index (χ4n) is 2.70. The van der Waals surface area contributed by atoms with Crippen molar-refractivity contribution in [3.05, 3.63) is 12.2 Å². The molecular weight excluding hydrogens is 300 g/mol. The Morgan fingerprint density at radius 1 is 0.792 bits per heavy atom. The first-order valence-corrected chi connectivity index (χ1v) is 10.2. The molecule has 0 bridgehead atoms. The molecule has 1 atom stereocenters. The molecule has 3 nitrogen and oxygen atoms in total. The van der Waals surface area contributed by atoms with Crippen molar-refractivity contribution in [2.45, 2.75) is 103 Å². The number of carbonyl (C=O) groups is 1. The minimum absolute atomic E-state index is 0.134. The standard InChI is InChI=1S/C21H40O3/c1-2-3-4-5-6-7-8-9-10-11-12-13-14-15-16-17-18-24-20-21(23)19-22/h9-10,19,21,23H,2-8,11-18,20H2,1H3/b10-9-. The van der Waals surface area contributed by atoms with Gasteiger partial charge in [-0.3, -0.25) is 0 Å². The smallest absolute Gasteiger partial charge is 0.150 e. The third-order valence-electron chi connectivity index (χ3n) is 4.25. The SMILES string of the molecule is CCCCCCCC/C=C\CCCCCCCCOCC(O)C=O. The maximum atomic E-state index is 10.2. The van der Waals surface area contributed by atoms with E-state index in [1.165, 1.54) is 83.5 Å². The second-order valence-electron chi connectivity index (χ2n) is 6.72. The molecule has 0 rings (SSSR count). The van der Waals surface area contributed by atoms with Gasteiger partial charge in [0.15, 0.2) is 6.29 Å². The molecule has 0 fully saturated rings. The van der Waals surface area contributed by atoms with E-state index in [0.29, 0.717) is 12.9 Å². The largest absolute Gasteiger partial charge is 0.383 e. The Morgan fingerprint density at radius 2 is 1.29 bits per heavy atom. The summed E-state index contributed by atoms with van der Waals surface area (Å²) in [5.41, 5.74) is 0. The number of aliphatic hydroxyl groups is 1. The summed E-state index contributed by atoms with van der Waals surface area (Å²) in [4.78, 5) is 10.2. The minimum Gasteiger partial charge on any atom is -0.383 e. The van der Waals surface area contributed by atoms with Gasteiger partial charge in [-0.05, 0) is 32.1 Å². The highest BCUT2D eigenvalue weighted by atomic mass is 16.5. The molecule has 0 aromatic heterocycles. The molecule has 0 aliphatic heterocycles. The van der Waals surface area contributed by atoms with Gasteiger partial charge < -0.3 is 14.6 Å². The van der Waals surface area contributed by atoms with Gasteiger partial charge in [-0.1, -0.05) is 76.9 Å². The highest BCUT2D eigenvalue weighted by molar-refractivity contribution is 5.55. The molecule has 3 heteroatoms. The number of rotatable bonds is 19. The molecule has 1 unspecified atom stereocenters. The summed E-state index contributed by atoms with van der Waals surface area (Å²) in [6.07, 6.45) is 22.4. The van der Waals surface area contributed by atoms with Crippen LogP contribution in [0.25, 0.3) is 0 Å². The number of aldehydes is 1. The van der Waals surface area contributed by atoms with Crippen molar-refractivity contribution < 1.29 is 14.6 Å². The Hall–Kier alpha value is -0.670. The van der Waals surface area contributed by atoms with Gasteiger partial charge in [0.25, 0.3) is 0 Å². The molecule has 0 aromatic carbocycles. The monoisotopic (exact) mass is 340 g/mol. The van der Waals surface area contributed by atoms with Crippen LogP contribution in [0.5, 0.6) is 0 Å². The van der Waals surface area contributed by atoms with E-state index >= 15 is 0 Å². The van der Waals surface area contributed by atoms with Crippen LogP contribution in [0.15, 0.2) is 12.2 Å². The lowest BCUT2D eigenvalue weighted by atomic mass is 10.1. The summed E-state index contributed by atoms with van der Waals surface area (Å²) in [7, 11) is 0. The first-order chi connectivity index (χ1) is 11.8. The van der Waals surface area contributed by atoms with Gasteiger partial charge in [0, 0.05) is 6.61 Å². The molecule has 142 valence electrons. The second kappa shape index (κ2) is 20.4. The Labute approximate surface area is 149 Å². The fourth-order valence-corrected chi connectivity index (χ4v) is 2.70. The number of allylic oxidation sites excluding steroid dienone is 2. The summed E-state index contributed by atoms with van der Waals surface area (Å²) in [6, 6.07) is 0. The summed E-state index contributed by atoms with van der Waals surface area (Å²) < 4.78 is 5.22. The Kier molecular flexibility index (Phi) is 19.8. The van der Waals surface area contributed by atoms with Gasteiger partial charge in [0.05, 0.1) is 6.61 Å². The fraction of sp³-hybridized carbons (Fsp3) is 0.857. The van der Waals surface area contributed by atoms with E-state index in [9.17, 15) is 4.79 Å². The van der Waals surface area contributed by atoms with E-state index in [-0.39, 0.29) is 6.61 Å². The summed E-state index contributed by atoms with van der Waals surface area (Å²) >= 11 is 0. The van der Waals surface area contributed by atoms with Crippen LogP contribution in [0.4, 0.5) is 0 Å². The average Bonchev–Trinajstić information content (AvgIpc) is 2.60. The van der Waals surface area contributed by atoms with Crippen LogP contribution in [0.1, 0.15) is 96.8 Å². The molecule has 0 aliphatic rings. The molecular formula is C21H40O3. The van der Waals surface area contributed by atoms with Gasteiger partial charge >= 0.3 is 0 Å². The van der Waals surface area contributed by atoms with Crippen LogP contribution in [-0.2, 0) is 9.53 Å². The summed E-state index contributed by atoms with van der Waals surface area (Å²) in [5, 5.41) is 8.99. The lowest BCUT2D eigenvalue weighted by Gasteiger charge is -2.05. The topological polar surface area (TPSA) is 46.5 Å². The van der Waals surface area contributed by atoms with Crippen molar-refractivity contribution in [3.63, 3.8) is 0 Å². The Morgan fingerprint density at radius 3 is 1.83 bits per heavy atom. The maximum Gasteiger partial charge on any atom is 0.150 e. The van der Waals surface area contributed by atoms with E-state index in [2.05, 4.69) is 19.1 Å². The lowest BCUT2D eigenvalue weighted by molar-refractivity contribution is -0.117. The number of aliphatic hydroxyl groups excluding tert-OH is 1. The third-order valence-corrected chi connectivity index (χ3v) is 4.25. The number of hydrogen-bond donors (Lipinski definition) is 1. The van der Waals surface area contributed by atoms with E-state index < -0.39 is 6.10 Å². The zero-order chi connectivity index (χ0) is 17.7. The second-order valence-corrected chi connectivity index (χ2v) is 6.72. The zero-order valence-electron chi connectivity index (χ0n) is 15.9. The van der Waals surface area contributed by atoms with Crippen molar-refractivity contribution in [2.24, 2.45) is 0 Å². The Balaban J connectivity index is 3.09. The number of unbranched alkanes of at least 4 members (excludes halogenated alkanes) is 12. The van der Waals surface area contributed by atoms with Gasteiger partial charge in [0.2, 0.25) is 0 Å². The van der Waals surface area contributed by atoms with Gasteiger partial charge in [-0.2, -0.15) is 0 Å². The molecule has 0 spiro atoms. The van der Waals surface area contributed by atoms with E-state index in [1.807, 2.05) is 0 Å². The molecule has 0 amide bonds. The molecule has 0 aromatic rings. The van der Waals surface area contributed by atoms with E-state index in [1.54, 1.807) is 0 Å². The molecule has 1 N–H and O–H groups in total. The van der Waals surface area contributed by atoms with Crippen molar-refractivity contribution in [2.75, 3.05) is 13.2 Å². The van der Waals surface area contributed by atoms with Crippen molar-refractivity contribution in [3.8, 4) is 0 Å². The van der Waals surface area contributed by atoms with Crippen LogP contribution in [0.3, 0.4) is 0 Å². The number of ether oxygens (including phenoxy) is 1. The number of hydrogen-bond acceptors (Lipinski definition) is 3. The molecule has 0 radical (unpaired) electrons. The zero-order valence-corrected chi connectivity index (χ0v) is 15.9. The molecule has 0 saturated carbocycles. The predicted molar refractivity (Wildman–Crippen MR) is 102 cm³/mol. The van der Waals surface area contributed by atoms with Crippen LogP contribution in [0, 0.1) is 0 Å². The van der Waals surface area contributed by atoms with E-state index in [0.717, 1.165) is 6.42 Å². The van der Waals surface area contributed by atoms with Crippen LogP contribution >= 0.6 is 0 Å². The van der Waals surface area contributed by atoms with Gasteiger partial charge in [-0.25, -0.2) is 0 Å². The maximum absolute atomic E-state index is 10.2. The first kappa shape index (κ1) is 23.3. The highest BCUT2D eigenvalue weighted by Gasteiger charge is 2.00.